The van der Waals surface area contributed by atoms with Crippen LogP contribution in [0.15, 0.2) is 12.4 Å². The zero-order chi connectivity index (χ0) is 12.0. The van der Waals surface area contributed by atoms with Crippen molar-refractivity contribution < 1.29 is 0 Å². The Hall–Kier alpha value is -1.83. The molecule has 0 unspecified atom stereocenters. The Balaban J connectivity index is 2.70. The molecule has 86 valence electrons. The number of nitriles is 1. The van der Waals surface area contributed by atoms with Crippen molar-refractivity contribution in [3.8, 4) is 6.07 Å². The highest BCUT2D eigenvalue weighted by Gasteiger charge is 2.04. The molecule has 0 fully saturated rings. The highest BCUT2D eigenvalue weighted by atomic mass is 15.2. The first-order chi connectivity index (χ1) is 7.63. The van der Waals surface area contributed by atoms with E-state index in [1.807, 2.05) is 18.0 Å². The fourth-order valence-corrected chi connectivity index (χ4v) is 1.26. The minimum Gasteiger partial charge on any atom is -0.368 e. The highest BCUT2D eigenvalue weighted by Crippen LogP contribution is 2.13. The second-order valence-electron chi connectivity index (χ2n) is 3.89. The maximum absolute atomic E-state index is 8.51. The summed E-state index contributed by atoms with van der Waals surface area (Å²) in [6.45, 7) is 4.79. The molecule has 1 aromatic heterocycles. The van der Waals surface area contributed by atoms with Crippen LogP contribution in [0.25, 0.3) is 0 Å². The summed E-state index contributed by atoms with van der Waals surface area (Å²) in [6.07, 6.45) is 2.02. The zero-order valence-corrected chi connectivity index (χ0v) is 9.94. The van der Waals surface area contributed by atoms with Crippen molar-refractivity contribution in [2.75, 3.05) is 23.8 Å². The van der Waals surface area contributed by atoms with E-state index in [9.17, 15) is 0 Å². The van der Waals surface area contributed by atoms with E-state index < -0.39 is 0 Å². The van der Waals surface area contributed by atoms with Crippen LogP contribution >= 0.6 is 0 Å². The van der Waals surface area contributed by atoms with Gasteiger partial charge in [-0.2, -0.15) is 5.26 Å². The molecule has 5 heteroatoms. The van der Waals surface area contributed by atoms with Gasteiger partial charge in [0.05, 0.1) is 12.5 Å². The van der Waals surface area contributed by atoms with Crippen molar-refractivity contribution in [1.82, 2.24) is 9.97 Å². The zero-order valence-electron chi connectivity index (χ0n) is 9.94. The molecule has 1 heterocycles. The van der Waals surface area contributed by atoms with Crippen molar-refractivity contribution in [3.05, 3.63) is 12.4 Å². The summed E-state index contributed by atoms with van der Waals surface area (Å²) in [5.74, 6) is 1.64. The normalized spacial score (nSPS) is 9.94. The molecule has 0 aliphatic heterocycles. The van der Waals surface area contributed by atoms with E-state index in [1.165, 1.54) is 6.33 Å². The van der Waals surface area contributed by atoms with E-state index in [0.29, 0.717) is 19.0 Å². The Morgan fingerprint density at radius 3 is 2.88 bits per heavy atom. The van der Waals surface area contributed by atoms with Gasteiger partial charge in [-0.3, -0.25) is 0 Å². The van der Waals surface area contributed by atoms with Gasteiger partial charge in [0.1, 0.15) is 18.0 Å². The second-order valence-corrected chi connectivity index (χ2v) is 3.89. The number of nitrogens with one attached hydrogen (secondary N) is 1. The predicted molar refractivity (Wildman–Crippen MR) is 64.3 cm³/mol. The average Bonchev–Trinajstić information content (AvgIpc) is 2.25. The van der Waals surface area contributed by atoms with Crippen molar-refractivity contribution in [2.24, 2.45) is 0 Å². The number of hydrogen-bond donors (Lipinski definition) is 1. The molecule has 1 aromatic rings. The van der Waals surface area contributed by atoms with Gasteiger partial charge in [0.2, 0.25) is 0 Å². The molecule has 0 aromatic carbocycles. The lowest BCUT2D eigenvalue weighted by molar-refractivity contribution is 0.865. The summed E-state index contributed by atoms with van der Waals surface area (Å²) >= 11 is 0. The minimum absolute atomic E-state index is 0.340. The maximum atomic E-state index is 8.51. The summed E-state index contributed by atoms with van der Waals surface area (Å²) in [4.78, 5) is 10.2. The molecule has 1 N–H and O–H groups in total. The van der Waals surface area contributed by atoms with Gasteiger partial charge in [-0.05, 0) is 13.8 Å². The fourth-order valence-electron chi connectivity index (χ4n) is 1.26. The van der Waals surface area contributed by atoms with Crippen molar-refractivity contribution in [2.45, 2.75) is 26.3 Å². The highest BCUT2D eigenvalue weighted by molar-refractivity contribution is 5.48. The van der Waals surface area contributed by atoms with Crippen molar-refractivity contribution in [3.63, 3.8) is 0 Å². The number of nitrogens with zero attached hydrogens (tertiary/aromatic N) is 4. The molecule has 0 amide bonds. The average molecular weight is 219 g/mol. The van der Waals surface area contributed by atoms with E-state index in [4.69, 9.17) is 5.26 Å². The van der Waals surface area contributed by atoms with E-state index in [-0.39, 0.29) is 0 Å². The molecule has 0 saturated carbocycles. The van der Waals surface area contributed by atoms with Gasteiger partial charge >= 0.3 is 0 Å². The van der Waals surface area contributed by atoms with Crippen molar-refractivity contribution >= 4 is 11.6 Å². The molecule has 5 nitrogen and oxygen atoms in total. The van der Waals surface area contributed by atoms with Crippen LogP contribution in [0.2, 0.25) is 0 Å². The molecule has 0 aliphatic rings. The van der Waals surface area contributed by atoms with Crippen LogP contribution in [0.1, 0.15) is 20.3 Å². The molecule has 0 bridgehead atoms. The Morgan fingerprint density at radius 2 is 2.25 bits per heavy atom. The van der Waals surface area contributed by atoms with Crippen LogP contribution < -0.4 is 10.2 Å². The Morgan fingerprint density at radius 1 is 1.50 bits per heavy atom. The van der Waals surface area contributed by atoms with Crippen LogP contribution in [0, 0.1) is 11.3 Å². The first-order valence-electron chi connectivity index (χ1n) is 5.30. The van der Waals surface area contributed by atoms with E-state index >= 15 is 0 Å². The standard InChI is InChI=1S/C11H17N5/c1-9(2)15-10-7-11(14-8-13-10)16(3)6-4-5-12/h7-9H,4,6H2,1-3H3,(H,13,14,15). The van der Waals surface area contributed by atoms with Crippen LogP contribution in [0.4, 0.5) is 11.6 Å². The third-order valence-corrected chi connectivity index (χ3v) is 2.04. The van der Waals surface area contributed by atoms with Crippen LogP contribution in [-0.4, -0.2) is 29.6 Å². The van der Waals surface area contributed by atoms with E-state index in [1.54, 1.807) is 0 Å². The monoisotopic (exact) mass is 219 g/mol. The third-order valence-electron chi connectivity index (χ3n) is 2.04. The molecular formula is C11H17N5. The molecule has 0 spiro atoms. The summed E-state index contributed by atoms with van der Waals surface area (Å²) < 4.78 is 0. The number of hydrogen-bond acceptors (Lipinski definition) is 5. The van der Waals surface area contributed by atoms with Crippen LogP contribution in [-0.2, 0) is 0 Å². The summed E-state index contributed by atoms with van der Waals surface area (Å²) in [6, 6.07) is 4.34. The van der Waals surface area contributed by atoms with Gasteiger partial charge in [0.15, 0.2) is 0 Å². The lowest BCUT2D eigenvalue weighted by atomic mass is 10.3. The topological polar surface area (TPSA) is 64.8 Å². The molecule has 0 aliphatic carbocycles. The van der Waals surface area contributed by atoms with Gasteiger partial charge in [-0.1, -0.05) is 0 Å². The quantitative estimate of drug-likeness (QED) is 0.815. The first-order valence-corrected chi connectivity index (χ1v) is 5.30. The van der Waals surface area contributed by atoms with Crippen molar-refractivity contribution in [1.29, 1.82) is 5.26 Å². The maximum Gasteiger partial charge on any atom is 0.133 e. The largest absolute Gasteiger partial charge is 0.368 e. The van der Waals surface area contributed by atoms with Gasteiger partial charge < -0.3 is 10.2 Å². The fraction of sp³-hybridized carbons (Fsp3) is 0.545. The lowest BCUT2D eigenvalue weighted by Crippen LogP contribution is -2.20. The van der Waals surface area contributed by atoms with Gasteiger partial charge in [-0.25, -0.2) is 9.97 Å². The van der Waals surface area contributed by atoms with E-state index in [2.05, 4.69) is 35.2 Å². The SMILES string of the molecule is CC(C)Nc1cc(N(C)CCC#N)ncn1. The predicted octanol–water partition coefficient (Wildman–Crippen LogP) is 1.65. The first kappa shape index (κ1) is 12.2. The van der Waals surface area contributed by atoms with Crippen LogP contribution in [0.5, 0.6) is 0 Å². The molecule has 0 radical (unpaired) electrons. The minimum atomic E-state index is 0.340. The number of rotatable bonds is 5. The van der Waals surface area contributed by atoms with Gasteiger partial charge in [0, 0.05) is 25.7 Å². The van der Waals surface area contributed by atoms with Crippen LogP contribution in [0.3, 0.4) is 0 Å². The Labute approximate surface area is 96.1 Å². The summed E-state index contributed by atoms with van der Waals surface area (Å²) in [5, 5.41) is 11.7. The van der Waals surface area contributed by atoms with Gasteiger partial charge in [-0.15, -0.1) is 0 Å². The Kier molecular flexibility index (Phi) is 4.52. The molecule has 1 rings (SSSR count). The van der Waals surface area contributed by atoms with Gasteiger partial charge in [0.25, 0.3) is 0 Å². The van der Waals surface area contributed by atoms with E-state index in [0.717, 1.165) is 11.6 Å². The lowest BCUT2D eigenvalue weighted by Gasteiger charge is -2.17. The number of aromatic nitrogens is 2. The number of anilines is 2. The summed E-state index contributed by atoms with van der Waals surface area (Å²) in [5.41, 5.74) is 0. The third kappa shape index (κ3) is 3.73. The molecule has 0 saturated heterocycles. The molecule has 16 heavy (non-hydrogen) atoms. The molecular weight excluding hydrogens is 202 g/mol. The molecule has 0 atom stereocenters. The Bertz CT molecular complexity index is 369. The second kappa shape index (κ2) is 5.91. The summed E-state index contributed by atoms with van der Waals surface area (Å²) in [7, 11) is 1.92. The smallest absolute Gasteiger partial charge is 0.133 e.